The maximum Gasteiger partial charge on any atom is 0.316 e. The molecule has 0 bridgehead atoms. The Kier molecular flexibility index (Phi) is 5.68. The first-order valence-electron chi connectivity index (χ1n) is 7.61. The van der Waals surface area contributed by atoms with Crippen LogP contribution in [0.2, 0.25) is 0 Å². The summed E-state index contributed by atoms with van der Waals surface area (Å²) >= 11 is 0. The fourth-order valence-electron chi connectivity index (χ4n) is 2.31. The van der Waals surface area contributed by atoms with E-state index in [4.69, 9.17) is 9.47 Å². The highest BCUT2D eigenvalue weighted by Gasteiger charge is 2.21. The summed E-state index contributed by atoms with van der Waals surface area (Å²) in [5, 5.41) is 0. The number of rotatable bonds is 5. The molecule has 0 aromatic heterocycles. The number of hydrogen-bond donors (Lipinski definition) is 0. The Balaban J connectivity index is 2.13. The second kappa shape index (κ2) is 7.73. The van der Waals surface area contributed by atoms with Crippen LogP contribution in [0.15, 0.2) is 48.5 Å². The molecular formula is C19H19FO4. The summed E-state index contributed by atoms with van der Waals surface area (Å²) in [6.07, 6.45) is -0.981. The van der Waals surface area contributed by atoms with Crippen molar-refractivity contribution in [2.45, 2.75) is 33.0 Å². The zero-order valence-corrected chi connectivity index (χ0v) is 13.8. The summed E-state index contributed by atoms with van der Waals surface area (Å²) in [5.74, 6) is -2.22. The molecule has 2 rings (SSSR count). The monoisotopic (exact) mass is 330 g/mol. The molecule has 126 valence electrons. The van der Waals surface area contributed by atoms with Crippen LogP contribution >= 0.6 is 0 Å². The highest BCUT2D eigenvalue weighted by Crippen LogP contribution is 2.26. The first kappa shape index (κ1) is 17.7. The fourth-order valence-corrected chi connectivity index (χ4v) is 2.31. The van der Waals surface area contributed by atoms with Gasteiger partial charge in [-0.05, 0) is 24.1 Å². The summed E-state index contributed by atoms with van der Waals surface area (Å²) in [7, 11) is 0. The molecule has 0 unspecified atom stereocenters. The molecule has 2 aromatic carbocycles. The number of carbonyl (C=O) groups is 2. The molecule has 5 heteroatoms. The van der Waals surface area contributed by atoms with E-state index in [-0.39, 0.29) is 0 Å². The summed E-state index contributed by atoms with van der Waals surface area (Å²) in [5.41, 5.74) is 1.72. The molecule has 4 nitrogen and oxygen atoms in total. The molecule has 0 heterocycles. The Morgan fingerprint density at radius 2 is 1.67 bits per heavy atom. The lowest BCUT2D eigenvalue weighted by molar-refractivity contribution is -0.183. The zero-order chi connectivity index (χ0) is 17.7. The number of benzene rings is 2. The van der Waals surface area contributed by atoms with Crippen molar-refractivity contribution in [3.05, 3.63) is 59.9 Å². The third-order valence-electron chi connectivity index (χ3n) is 3.55. The van der Waals surface area contributed by atoms with E-state index in [1.54, 1.807) is 19.1 Å². The smallest absolute Gasteiger partial charge is 0.316 e. The van der Waals surface area contributed by atoms with Gasteiger partial charge in [0.1, 0.15) is 5.82 Å². The Hall–Kier alpha value is -2.69. The summed E-state index contributed by atoms with van der Waals surface area (Å²) < 4.78 is 24.2. The molecule has 0 spiro atoms. The molecule has 2 aromatic rings. The third kappa shape index (κ3) is 4.41. The van der Waals surface area contributed by atoms with E-state index in [1.165, 1.54) is 19.9 Å². The Bertz CT molecular complexity index is 727. The first-order valence-corrected chi connectivity index (χ1v) is 7.61. The van der Waals surface area contributed by atoms with E-state index in [0.717, 1.165) is 5.56 Å². The van der Waals surface area contributed by atoms with Crippen molar-refractivity contribution in [2.75, 3.05) is 0 Å². The van der Waals surface area contributed by atoms with Crippen LogP contribution < -0.4 is 0 Å². The van der Waals surface area contributed by atoms with E-state index in [0.29, 0.717) is 11.1 Å². The topological polar surface area (TPSA) is 52.6 Å². The molecule has 0 N–H and O–H groups in total. The van der Waals surface area contributed by atoms with Crippen LogP contribution in [-0.4, -0.2) is 18.2 Å². The van der Waals surface area contributed by atoms with Gasteiger partial charge in [-0.15, -0.1) is 0 Å². The van der Waals surface area contributed by atoms with Crippen molar-refractivity contribution in [1.29, 1.82) is 0 Å². The largest absolute Gasteiger partial charge is 0.426 e. The summed E-state index contributed by atoms with van der Waals surface area (Å²) in [6.45, 7) is 4.29. The van der Waals surface area contributed by atoms with E-state index in [9.17, 15) is 14.0 Å². The van der Waals surface area contributed by atoms with Crippen molar-refractivity contribution in [3.8, 4) is 11.1 Å². The summed E-state index contributed by atoms with van der Waals surface area (Å²) in [6, 6.07) is 13.8. The number of hydrogen-bond acceptors (Lipinski definition) is 4. The van der Waals surface area contributed by atoms with Crippen LogP contribution in [0.1, 0.15) is 32.3 Å². The van der Waals surface area contributed by atoms with E-state index >= 15 is 0 Å². The minimum atomic E-state index is -0.981. The van der Waals surface area contributed by atoms with Crippen LogP contribution in [-0.2, 0) is 19.1 Å². The molecule has 24 heavy (non-hydrogen) atoms. The molecule has 2 atom stereocenters. The molecule has 0 amide bonds. The second-order valence-electron chi connectivity index (χ2n) is 5.44. The van der Waals surface area contributed by atoms with Crippen LogP contribution in [0, 0.1) is 5.82 Å². The molecule has 0 radical (unpaired) electrons. The average Bonchev–Trinajstić information content (AvgIpc) is 2.54. The highest BCUT2D eigenvalue weighted by atomic mass is 19.1. The van der Waals surface area contributed by atoms with Crippen molar-refractivity contribution in [2.24, 2.45) is 0 Å². The maximum atomic E-state index is 14.4. The number of carbonyl (C=O) groups excluding carboxylic acids is 2. The van der Waals surface area contributed by atoms with Crippen LogP contribution in [0.3, 0.4) is 0 Å². The number of esters is 2. The second-order valence-corrected chi connectivity index (χ2v) is 5.44. The van der Waals surface area contributed by atoms with Crippen molar-refractivity contribution in [1.82, 2.24) is 0 Å². The maximum absolute atomic E-state index is 14.4. The standard InChI is InChI=1S/C19H19FO4/c1-12(19(22)24-14(3)23-13(2)21)16-9-10-17(18(20)11-16)15-7-5-4-6-8-15/h4-12,14H,1-3H3/t12-,14-/m1/s1. The molecule has 0 aliphatic heterocycles. The molecule has 0 aliphatic carbocycles. The first-order chi connectivity index (χ1) is 11.4. The molecule has 0 saturated carbocycles. The van der Waals surface area contributed by atoms with Gasteiger partial charge in [0.25, 0.3) is 0 Å². The van der Waals surface area contributed by atoms with Crippen molar-refractivity contribution >= 4 is 11.9 Å². The lowest BCUT2D eigenvalue weighted by Crippen LogP contribution is -2.23. The highest BCUT2D eigenvalue weighted by molar-refractivity contribution is 5.78. The minimum absolute atomic E-state index is 0.411. The van der Waals surface area contributed by atoms with Gasteiger partial charge in [-0.2, -0.15) is 0 Å². The van der Waals surface area contributed by atoms with E-state index in [1.807, 2.05) is 30.3 Å². The van der Waals surface area contributed by atoms with Crippen LogP contribution in [0.5, 0.6) is 0 Å². The van der Waals surface area contributed by atoms with Gasteiger partial charge >= 0.3 is 11.9 Å². The summed E-state index contributed by atoms with van der Waals surface area (Å²) in [4.78, 5) is 22.9. The van der Waals surface area contributed by atoms with Gasteiger partial charge in [0, 0.05) is 19.4 Å². The fraction of sp³-hybridized carbons (Fsp3) is 0.263. The molecule has 0 aliphatic rings. The normalized spacial score (nSPS) is 13.0. The zero-order valence-electron chi connectivity index (χ0n) is 13.8. The van der Waals surface area contributed by atoms with E-state index in [2.05, 4.69) is 0 Å². The van der Waals surface area contributed by atoms with Crippen LogP contribution in [0.25, 0.3) is 11.1 Å². The lowest BCUT2D eigenvalue weighted by Gasteiger charge is -2.17. The third-order valence-corrected chi connectivity index (χ3v) is 3.55. The van der Waals surface area contributed by atoms with Gasteiger partial charge in [0.15, 0.2) is 0 Å². The molecule has 0 saturated heterocycles. The SMILES string of the molecule is CC(=O)O[C@@H](C)OC(=O)[C@H](C)c1ccc(-c2ccccc2)c(F)c1. The lowest BCUT2D eigenvalue weighted by atomic mass is 9.97. The van der Waals surface area contributed by atoms with Gasteiger partial charge < -0.3 is 9.47 Å². The van der Waals surface area contributed by atoms with Gasteiger partial charge in [-0.1, -0.05) is 42.5 Å². The number of halogens is 1. The molecule has 0 fully saturated rings. The minimum Gasteiger partial charge on any atom is -0.426 e. The van der Waals surface area contributed by atoms with Crippen molar-refractivity contribution in [3.63, 3.8) is 0 Å². The Morgan fingerprint density at radius 1 is 1.00 bits per heavy atom. The molecular weight excluding hydrogens is 311 g/mol. The van der Waals surface area contributed by atoms with Gasteiger partial charge in [0.05, 0.1) is 5.92 Å². The van der Waals surface area contributed by atoms with Gasteiger partial charge in [0.2, 0.25) is 6.29 Å². The predicted molar refractivity (Wildman–Crippen MR) is 87.6 cm³/mol. The van der Waals surface area contributed by atoms with E-state index < -0.39 is 30.0 Å². The van der Waals surface area contributed by atoms with Gasteiger partial charge in [-0.25, -0.2) is 4.39 Å². The number of ether oxygens (including phenoxy) is 2. The quantitative estimate of drug-likeness (QED) is 0.613. The Morgan fingerprint density at radius 3 is 2.25 bits per heavy atom. The Labute approximate surface area is 140 Å². The van der Waals surface area contributed by atoms with Crippen LogP contribution in [0.4, 0.5) is 4.39 Å². The van der Waals surface area contributed by atoms with Crippen molar-refractivity contribution < 1.29 is 23.5 Å². The average molecular weight is 330 g/mol. The van der Waals surface area contributed by atoms with Gasteiger partial charge in [-0.3, -0.25) is 9.59 Å². The predicted octanol–water partition coefficient (Wildman–Crippen LogP) is 4.05.